The van der Waals surface area contributed by atoms with E-state index in [1.54, 1.807) is 23.5 Å². The van der Waals surface area contributed by atoms with Crippen LogP contribution in [0.5, 0.6) is 0 Å². The molecule has 0 bridgehead atoms. The highest BCUT2D eigenvalue weighted by atomic mass is 32.2. The van der Waals surface area contributed by atoms with Crippen molar-refractivity contribution in [3.05, 3.63) is 29.8 Å². The molecular formula is C20H33N5O2S. The van der Waals surface area contributed by atoms with Crippen LogP contribution in [0.15, 0.2) is 34.2 Å². The van der Waals surface area contributed by atoms with E-state index in [1.807, 2.05) is 19.2 Å². The van der Waals surface area contributed by atoms with Crippen molar-refractivity contribution in [1.82, 2.24) is 19.4 Å². The van der Waals surface area contributed by atoms with E-state index in [1.165, 1.54) is 0 Å². The van der Waals surface area contributed by atoms with Crippen molar-refractivity contribution in [2.45, 2.75) is 31.2 Å². The summed E-state index contributed by atoms with van der Waals surface area (Å²) in [4.78, 5) is 9.22. The summed E-state index contributed by atoms with van der Waals surface area (Å²) in [5, 5.41) is 3.38. The molecule has 2 aliphatic rings. The summed E-state index contributed by atoms with van der Waals surface area (Å²) in [6.45, 7) is 7.31. The Morgan fingerprint density at radius 3 is 2.39 bits per heavy atom. The minimum atomic E-state index is -3.49. The van der Waals surface area contributed by atoms with Gasteiger partial charge in [0.05, 0.1) is 4.90 Å². The zero-order valence-corrected chi connectivity index (χ0v) is 18.1. The molecule has 2 saturated heterocycles. The average Bonchev–Trinajstić information content (AvgIpc) is 2.70. The molecule has 8 heteroatoms. The lowest BCUT2D eigenvalue weighted by molar-refractivity contribution is 0.222. The normalized spacial score (nSPS) is 21.1. The Morgan fingerprint density at radius 2 is 1.75 bits per heavy atom. The molecule has 2 aliphatic heterocycles. The predicted octanol–water partition coefficient (Wildman–Crippen LogP) is 1.43. The van der Waals surface area contributed by atoms with E-state index in [0.29, 0.717) is 24.5 Å². The standard InChI is InChI=1S/C20H33N5O2S/c1-17-8-10-24(11-9-17)20(21-2)22-16-18-6-4-5-7-19(18)28(26,27)25-14-12-23(3)13-15-25/h4-7,17H,8-16H2,1-3H3,(H,21,22). The maximum atomic E-state index is 13.2. The second kappa shape index (κ2) is 9.24. The summed E-state index contributed by atoms with van der Waals surface area (Å²) in [5.41, 5.74) is 0.785. The van der Waals surface area contributed by atoms with Gasteiger partial charge in [-0.15, -0.1) is 0 Å². The molecule has 0 radical (unpaired) electrons. The number of aliphatic imine (C=N–C) groups is 1. The Labute approximate surface area is 169 Å². The van der Waals surface area contributed by atoms with Gasteiger partial charge in [-0.05, 0) is 37.4 Å². The third-order valence-electron chi connectivity index (χ3n) is 5.78. The average molecular weight is 408 g/mol. The number of nitrogens with one attached hydrogen (secondary N) is 1. The van der Waals surface area contributed by atoms with Crippen LogP contribution in [0.4, 0.5) is 0 Å². The van der Waals surface area contributed by atoms with E-state index in [-0.39, 0.29) is 0 Å². The van der Waals surface area contributed by atoms with Gasteiger partial charge in [-0.3, -0.25) is 4.99 Å². The number of sulfonamides is 1. The van der Waals surface area contributed by atoms with Crippen LogP contribution in [0, 0.1) is 5.92 Å². The number of nitrogens with zero attached hydrogens (tertiary/aromatic N) is 4. The maximum Gasteiger partial charge on any atom is 0.243 e. The van der Waals surface area contributed by atoms with Crippen molar-refractivity contribution < 1.29 is 8.42 Å². The zero-order chi connectivity index (χ0) is 20.1. The molecule has 1 aromatic rings. The van der Waals surface area contributed by atoms with Gasteiger partial charge in [-0.2, -0.15) is 4.31 Å². The van der Waals surface area contributed by atoms with Gasteiger partial charge in [0.15, 0.2) is 5.96 Å². The molecule has 2 fully saturated rings. The van der Waals surface area contributed by atoms with Gasteiger partial charge in [0, 0.05) is 52.9 Å². The van der Waals surface area contributed by atoms with Crippen LogP contribution in [-0.4, -0.2) is 81.8 Å². The van der Waals surface area contributed by atoms with Crippen LogP contribution < -0.4 is 5.32 Å². The summed E-state index contributed by atoms with van der Waals surface area (Å²) in [6, 6.07) is 7.30. The lowest BCUT2D eigenvalue weighted by Gasteiger charge is -2.33. The van der Waals surface area contributed by atoms with E-state index >= 15 is 0 Å². The first-order chi connectivity index (χ1) is 13.4. The summed E-state index contributed by atoms with van der Waals surface area (Å²) >= 11 is 0. The smallest absolute Gasteiger partial charge is 0.243 e. The molecule has 0 unspecified atom stereocenters. The molecule has 1 aromatic carbocycles. The number of likely N-dealkylation sites (N-methyl/N-ethyl adjacent to an activating group) is 1. The molecule has 0 atom stereocenters. The second-order valence-corrected chi connectivity index (χ2v) is 9.79. The van der Waals surface area contributed by atoms with E-state index in [2.05, 4.69) is 27.0 Å². The number of piperidine rings is 1. The number of likely N-dealkylation sites (tertiary alicyclic amines) is 1. The molecule has 0 saturated carbocycles. The summed E-state index contributed by atoms with van der Waals surface area (Å²) in [5.74, 6) is 1.60. The van der Waals surface area contributed by atoms with Crippen LogP contribution in [0.25, 0.3) is 0 Å². The first kappa shape index (κ1) is 21.1. The fourth-order valence-electron chi connectivity index (χ4n) is 3.80. The predicted molar refractivity (Wildman–Crippen MR) is 113 cm³/mol. The number of piperazine rings is 1. The van der Waals surface area contributed by atoms with Crippen molar-refractivity contribution >= 4 is 16.0 Å². The number of rotatable bonds is 4. The van der Waals surface area contributed by atoms with Crippen LogP contribution in [0.3, 0.4) is 0 Å². The van der Waals surface area contributed by atoms with Gasteiger partial charge in [0.2, 0.25) is 10.0 Å². The highest BCUT2D eigenvalue weighted by molar-refractivity contribution is 7.89. The summed E-state index contributed by atoms with van der Waals surface area (Å²) in [6.07, 6.45) is 2.32. The molecule has 0 aromatic heterocycles. The lowest BCUT2D eigenvalue weighted by Crippen LogP contribution is -2.47. The molecule has 2 heterocycles. The van der Waals surface area contributed by atoms with Gasteiger partial charge in [0.1, 0.15) is 0 Å². The van der Waals surface area contributed by atoms with Crippen LogP contribution in [0.2, 0.25) is 0 Å². The van der Waals surface area contributed by atoms with E-state index in [0.717, 1.165) is 56.5 Å². The van der Waals surface area contributed by atoms with Crippen molar-refractivity contribution in [2.75, 3.05) is 53.4 Å². The van der Waals surface area contributed by atoms with E-state index < -0.39 is 10.0 Å². The van der Waals surface area contributed by atoms with Crippen LogP contribution in [-0.2, 0) is 16.6 Å². The molecule has 156 valence electrons. The highest BCUT2D eigenvalue weighted by Gasteiger charge is 2.29. The molecular weight excluding hydrogens is 374 g/mol. The summed E-state index contributed by atoms with van der Waals surface area (Å²) in [7, 11) is 0.318. The second-order valence-electron chi connectivity index (χ2n) is 7.89. The Balaban J connectivity index is 1.71. The van der Waals surface area contributed by atoms with Gasteiger partial charge in [-0.1, -0.05) is 25.1 Å². The third kappa shape index (κ3) is 4.85. The lowest BCUT2D eigenvalue weighted by atomic mass is 10.00. The third-order valence-corrected chi connectivity index (χ3v) is 7.78. The molecule has 0 spiro atoms. The topological polar surface area (TPSA) is 68.2 Å². The Morgan fingerprint density at radius 1 is 1.11 bits per heavy atom. The SMILES string of the molecule is CN=C(NCc1ccccc1S(=O)(=O)N1CCN(C)CC1)N1CCC(C)CC1. The van der Waals surface area contributed by atoms with E-state index in [4.69, 9.17) is 0 Å². The van der Waals surface area contributed by atoms with Gasteiger partial charge < -0.3 is 15.1 Å². The number of hydrogen-bond donors (Lipinski definition) is 1. The summed E-state index contributed by atoms with van der Waals surface area (Å²) < 4.78 is 28.0. The minimum absolute atomic E-state index is 0.398. The van der Waals surface area contributed by atoms with Crippen LogP contribution >= 0.6 is 0 Å². The maximum absolute atomic E-state index is 13.2. The van der Waals surface area contributed by atoms with Gasteiger partial charge in [0.25, 0.3) is 0 Å². The Bertz CT molecular complexity index is 780. The molecule has 7 nitrogen and oxygen atoms in total. The monoisotopic (exact) mass is 407 g/mol. The van der Waals surface area contributed by atoms with Gasteiger partial charge in [-0.25, -0.2) is 8.42 Å². The molecule has 0 aliphatic carbocycles. The molecule has 28 heavy (non-hydrogen) atoms. The fourth-order valence-corrected chi connectivity index (χ4v) is 5.44. The van der Waals surface area contributed by atoms with Crippen LogP contribution in [0.1, 0.15) is 25.3 Å². The zero-order valence-electron chi connectivity index (χ0n) is 17.3. The van der Waals surface area contributed by atoms with Crippen molar-refractivity contribution in [1.29, 1.82) is 0 Å². The first-order valence-corrected chi connectivity index (χ1v) is 11.6. The molecule has 3 rings (SSSR count). The number of guanidine groups is 1. The Kier molecular flexibility index (Phi) is 6.95. The minimum Gasteiger partial charge on any atom is -0.352 e. The van der Waals surface area contributed by atoms with Crippen molar-refractivity contribution in [3.8, 4) is 0 Å². The molecule has 1 N–H and O–H groups in total. The number of hydrogen-bond acceptors (Lipinski definition) is 4. The highest BCUT2D eigenvalue weighted by Crippen LogP contribution is 2.22. The number of benzene rings is 1. The molecule has 0 amide bonds. The first-order valence-electron chi connectivity index (χ1n) is 10.1. The Hall–Kier alpha value is -1.64. The van der Waals surface area contributed by atoms with Crippen molar-refractivity contribution in [2.24, 2.45) is 10.9 Å². The quantitative estimate of drug-likeness (QED) is 0.604. The van der Waals surface area contributed by atoms with E-state index in [9.17, 15) is 8.42 Å². The van der Waals surface area contributed by atoms with Gasteiger partial charge >= 0.3 is 0 Å². The fraction of sp³-hybridized carbons (Fsp3) is 0.650. The largest absolute Gasteiger partial charge is 0.352 e. The van der Waals surface area contributed by atoms with Crippen molar-refractivity contribution in [3.63, 3.8) is 0 Å².